The number of allylic oxidation sites excluding steroid dienone is 1. The van der Waals surface area contributed by atoms with Crippen LogP contribution in [0.15, 0.2) is 11.4 Å². The van der Waals surface area contributed by atoms with Crippen molar-refractivity contribution >= 4 is 12.3 Å². The van der Waals surface area contributed by atoms with E-state index < -0.39 is 58.5 Å². The zero-order valence-corrected chi connectivity index (χ0v) is 17.8. The van der Waals surface area contributed by atoms with Gasteiger partial charge in [-0.2, -0.15) is 0 Å². The van der Waals surface area contributed by atoms with Crippen molar-refractivity contribution in [3.05, 3.63) is 11.4 Å². The van der Waals surface area contributed by atoms with Crippen molar-refractivity contribution < 1.29 is 32.6 Å². The first-order valence-electron chi connectivity index (χ1n) is 11.0. The van der Waals surface area contributed by atoms with Crippen molar-refractivity contribution in [2.75, 3.05) is 0 Å². The highest BCUT2D eigenvalue weighted by molar-refractivity contribution is 5.83. The summed E-state index contributed by atoms with van der Waals surface area (Å²) in [4.78, 5) is 22.2. The lowest BCUT2D eigenvalue weighted by molar-refractivity contribution is -0.183. The number of rotatable bonds is 3. The van der Waals surface area contributed by atoms with Crippen LogP contribution in [0.5, 0.6) is 0 Å². The zero-order valence-electron chi connectivity index (χ0n) is 17.8. The Hall–Kier alpha value is -1.37. The molecule has 4 aliphatic rings. The molecule has 3 unspecified atom stereocenters. The molecule has 0 amide bonds. The Morgan fingerprint density at radius 3 is 2.53 bits per heavy atom. The minimum absolute atomic E-state index is 0.0567. The molecule has 8 atom stereocenters. The van der Waals surface area contributed by atoms with E-state index in [9.17, 15) is 14.7 Å². The number of hydrogen-bond donors (Lipinski definition) is 1. The molecule has 30 heavy (non-hydrogen) atoms. The topological polar surface area (TPSA) is 63.6 Å². The van der Waals surface area contributed by atoms with Crippen LogP contribution in [0.2, 0.25) is 0 Å². The fourth-order valence-electron chi connectivity index (χ4n) is 7.29. The van der Waals surface area contributed by atoms with Crippen molar-refractivity contribution in [2.24, 2.45) is 22.7 Å². The van der Waals surface area contributed by atoms with Gasteiger partial charge in [0.15, 0.2) is 6.10 Å². The fraction of sp³-hybridized carbons (Fsp3) is 0.826. The van der Waals surface area contributed by atoms with Gasteiger partial charge in [-0.05, 0) is 63.2 Å². The molecule has 7 heteroatoms. The molecule has 0 heterocycles. The normalized spacial score (nSPS) is 50.4. The lowest BCUT2D eigenvalue weighted by Crippen LogP contribution is -2.64. The van der Waals surface area contributed by atoms with Gasteiger partial charge >= 0.3 is 5.97 Å². The van der Waals surface area contributed by atoms with E-state index in [1.54, 1.807) is 13.8 Å². The SMILES string of the molecule is CC1(O)CC[C@H]2[C@@H]3CC(F)C4=C(F)C(OC(=O)CC=O)CC[C@]4(C)[C@]3(F)CC[C@@]21C. The maximum Gasteiger partial charge on any atom is 0.313 e. The van der Waals surface area contributed by atoms with Crippen LogP contribution in [0.1, 0.15) is 72.1 Å². The van der Waals surface area contributed by atoms with Gasteiger partial charge in [-0.15, -0.1) is 0 Å². The van der Waals surface area contributed by atoms with Crippen LogP contribution >= 0.6 is 0 Å². The molecule has 0 aromatic heterocycles. The molecule has 4 rings (SSSR count). The van der Waals surface area contributed by atoms with Crippen molar-refractivity contribution in [2.45, 2.75) is 95.7 Å². The third-order valence-electron chi connectivity index (χ3n) is 9.33. The van der Waals surface area contributed by atoms with E-state index in [1.165, 1.54) is 0 Å². The highest BCUT2D eigenvalue weighted by Gasteiger charge is 2.71. The Morgan fingerprint density at radius 1 is 1.17 bits per heavy atom. The van der Waals surface area contributed by atoms with Crippen LogP contribution in [0.25, 0.3) is 0 Å². The Morgan fingerprint density at radius 2 is 1.87 bits per heavy atom. The molecule has 1 N–H and O–H groups in total. The molecule has 0 saturated heterocycles. The minimum Gasteiger partial charge on any atom is -0.455 e. The molecular weight excluding hydrogens is 397 g/mol. The van der Waals surface area contributed by atoms with Crippen LogP contribution < -0.4 is 0 Å². The second-order valence-electron chi connectivity index (χ2n) is 10.5. The minimum atomic E-state index is -1.77. The number of aldehydes is 1. The van der Waals surface area contributed by atoms with Crippen molar-refractivity contribution in [1.29, 1.82) is 0 Å². The average Bonchev–Trinajstić information content (AvgIpc) is 2.90. The summed E-state index contributed by atoms with van der Waals surface area (Å²) in [6.07, 6.45) is -1.14. The smallest absolute Gasteiger partial charge is 0.313 e. The molecule has 0 aromatic carbocycles. The Bertz CT molecular complexity index is 795. The maximum absolute atomic E-state index is 16.9. The van der Waals surface area contributed by atoms with E-state index in [0.29, 0.717) is 25.5 Å². The summed E-state index contributed by atoms with van der Waals surface area (Å²) in [6, 6.07) is 0. The van der Waals surface area contributed by atoms with Crippen molar-refractivity contribution in [3.63, 3.8) is 0 Å². The molecule has 3 fully saturated rings. The number of carbonyl (C=O) groups is 2. The number of esters is 1. The summed E-state index contributed by atoms with van der Waals surface area (Å²) >= 11 is 0. The summed E-state index contributed by atoms with van der Waals surface area (Å²) in [5, 5.41) is 10.9. The fourth-order valence-corrected chi connectivity index (χ4v) is 7.29. The van der Waals surface area contributed by atoms with Crippen LogP contribution in [0.4, 0.5) is 13.2 Å². The van der Waals surface area contributed by atoms with Gasteiger partial charge in [0.1, 0.15) is 30.4 Å². The van der Waals surface area contributed by atoms with Gasteiger partial charge in [0.05, 0.1) is 5.60 Å². The number of halogens is 3. The van der Waals surface area contributed by atoms with Gasteiger partial charge in [0.25, 0.3) is 0 Å². The number of carbonyl (C=O) groups excluding carboxylic acids is 2. The lowest BCUT2D eigenvalue weighted by Gasteiger charge is -2.62. The second-order valence-corrected chi connectivity index (χ2v) is 10.5. The highest BCUT2D eigenvalue weighted by Crippen LogP contribution is 2.71. The molecule has 0 aromatic rings. The van der Waals surface area contributed by atoms with Crippen LogP contribution in [-0.4, -0.2) is 40.9 Å². The largest absolute Gasteiger partial charge is 0.455 e. The average molecular weight is 428 g/mol. The van der Waals surface area contributed by atoms with Gasteiger partial charge in [-0.25, -0.2) is 13.2 Å². The van der Waals surface area contributed by atoms with Crippen LogP contribution in [0.3, 0.4) is 0 Å². The Labute approximate surface area is 175 Å². The van der Waals surface area contributed by atoms with E-state index in [-0.39, 0.29) is 37.2 Å². The number of fused-ring (bicyclic) bond motifs is 5. The second kappa shape index (κ2) is 6.81. The number of hydrogen-bond acceptors (Lipinski definition) is 4. The number of aliphatic hydroxyl groups is 1. The zero-order chi connectivity index (χ0) is 22.1. The first-order chi connectivity index (χ1) is 13.9. The van der Waals surface area contributed by atoms with Gasteiger partial charge < -0.3 is 14.6 Å². The molecule has 0 radical (unpaired) electrons. The lowest BCUT2D eigenvalue weighted by atomic mass is 9.44. The predicted molar refractivity (Wildman–Crippen MR) is 104 cm³/mol. The van der Waals surface area contributed by atoms with E-state index in [0.717, 1.165) is 0 Å². The van der Waals surface area contributed by atoms with E-state index >= 15 is 13.2 Å². The first kappa shape index (κ1) is 21.8. The van der Waals surface area contributed by atoms with Gasteiger partial charge in [-0.1, -0.05) is 13.8 Å². The molecule has 0 aliphatic heterocycles. The molecule has 168 valence electrons. The third-order valence-corrected chi connectivity index (χ3v) is 9.33. The molecule has 3 saturated carbocycles. The van der Waals surface area contributed by atoms with E-state index in [1.807, 2.05) is 6.92 Å². The molecular formula is C23H31F3O4. The molecule has 0 spiro atoms. The highest BCUT2D eigenvalue weighted by atomic mass is 19.2. The van der Waals surface area contributed by atoms with Crippen LogP contribution in [0, 0.1) is 22.7 Å². The summed E-state index contributed by atoms with van der Waals surface area (Å²) in [5.74, 6) is -2.50. The van der Waals surface area contributed by atoms with Gasteiger partial charge in [0, 0.05) is 16.9 Å². The molecule has 4 nitrogen and oxygen atoms in total. The van der Waals surface area contributed by atoms with Crippen molar-refractivity contribution in [3.8, 4) is 0 Å². The Kier molecular flexibility index (Phi) is 4.96. The summed E-state index contributed by atoms with van der Waals surface area (Å²) in [5.41, 5.74) is -4.69. The van der Waals surface area contributed by atoms with Gasteiger partial charge in [-0.3, -0.25) is 4.79 Å². The predicted octanol–water partition coefficient (Wildman–Crippen LogP) is 4.54. The summed E-state index contributed by atoms with van der Waals surface area (Å²) < 4.78 is 52.7. The van der Waals surface area contributed by atoms with Gasteiger partial charge in [0.2, 0.25) is 0 Å². The number of alkyl halides is 2. The van der Waals surface area contributed by atoms with E-state index in [2.05, 4.69) is 0 Å². The first-order valence-corrected chi connectivity index (χ1v) is 11.0. The molecule has 4 aliphatic carbocycles. The van der Waals surface area contributed by atoms with E-state index in [4.69, 9.17) is 4.74 Å². The number of ether oxygens (including phenoxy) is 1. The standard InChI is InChI=1S/C23H31F3O4/c1-20-9-10-23(26)14(13(20)4-8-22(20,3)29)12-15(24)18-19(25)16(5-7-21(18,23)2)30-17(28)6-11-27/h11,13-16,29H,4-10,12H2,1-3H3/t13-,14-,15?,16?,20-,21-,22?,23-/m0/s1. The Balaban J connectivity index is 1.71. The summed E-state index contributed by atoms with van der Waals surface area (Å²) in [7, 11) is 0. The monoisotopic (exact) mass is 428 g/mol. The quantitative estimate of drug-likeness (QED) is 0.407. The van der Waals surface area contributed by atoms with Crippen LogP contribution in [-0.2, 0) is 14.3 Å². The third kappa shape index (κ3) is 2.69. The maximum atomic E-state index is 16.9. The molecule has 0 bridgehead atoms. The van der Waals surface area contributed by atoms with Crippen molar-refractivity contribution in [1.82, 2.24) is 0 Å². The summed E-state index contributed by atoms with van der Waals surface area (Å²) in [6.45, 7) is 5.38.